The quantitative estimate of drug-likeness (QED) is 0.679. The standard InChI is InChI=1S/C14H8ClF3N2/c15-11-7-10(14(16,17)18)5-9-6-12(20-13(9)11)8-1-3-19-4-2-8/h1-7,20H. The summed E-state index contributed by atoms with van der Waals surface area (Å²) >= 11 is 5.93. The zero-order chi connectivity index (χ0) is 14.3. The van der Waals surface area contributed by atoms with Crippen LogP contribution in [-0.2, 0) is 6.18 Å². The molecule has 0 unspecified atom stereocenters. The van der Waals surface area contributed by atoms with Crippen molar-refractivity contribution in [3.8, 4) is 11.3 Å². The van der Waals surface area contributed by atoms with Gasteiger partial charge < -0.3 is 4.98 Å². The smallest absolute Gasteiger partial charge is 0.353 e. The van der Waals surface area contributed by atoms with Crippen LogP contribution in [0.25, 0.3) is 22.2 Å². The Hall–Kier alpha value is -2.01. The molecule has 2 heterocycles. The normalized spacial score (nSPS) is 12.0. The molecule has 0 amide bonds. The van der Waals surface area contributed by atoms with Gasteiger partial charge in [0.05, 0.1) is 16.1 Å². The first-order valence-electron chi connectivity index (χ1n) is 5.75. The van der Waals surface area contributed by atoms with E-state index in [9.17, 15) is 13.2 Å². The second-order valence-electron chi connectivity index (χ2n) is 4.34. The Kier molecular flexibility index (Phi) is 2.94. The molecule has 1 aromatic carbocycles. The number of nitrogens with zero attached hydrogens (tertiary/aromatic N) is 1. The molecule has 6 heteroatoms. The summed E-state index contributed by atoms with van der Waals surface area (Å²) in [6.45, 7) is 0. The lowest BCUT2D eigenvalue weighted by Gasteiger charge is -2.07. The van der Waals surface area contributed by atoms with Gasteiger partial charge in [-0.2, -0.15) is 13.2 Å². The average Bonchev–Trinajstić information content (AvgIpc) is 2.83. The molecule has 0 radical (unpaired) electrons. The third-order valence-corrected chi connectivity index (χ3v) is 3.30. The monoisotopic (exact) mass is 296 g/mol. The van der Waals surface area contributed by atoms with E-state index in [4.69, 9.17) is 11.6 Å². The van der Waals surface area contributed by atoms with E-state index < -0.39 is 11.7 Å². The van der Waals surface area contributed by atoms with E-state index in [2.05, 4.69) is 9.97 Å². The maximum atomic E-state index is 12.7. The summed E-state index contributed by atoms with van der Waals surface area (Å²) in [5.74, 6) is 0. The van der Waals surface area contributed by atoms with Crippen LogP contribution in [0.1, 0.15) is 5.56 Å². The lowest BCUT2D eigenvalue weighted by molar-refractivity contribution is -0.137. The molecule has 0 saturated carbocycles. The zero-order valence-electron chi connectivity index (χ0n) is 10.0. The van der Waals surface area contributed by atoms with Crippen LogP contribution in [0.4, 0.5) is 13.2 Å². The summed E-state index contributed by atoms with van der Waals surface area (Å²) < 4.78 is 38.2. The number of fused-ring (bicyclic) bond motifs is 1. The third kappa shape index (κ3) is 2.25. The Morgan fingerprint density at radius 2 is 1.75 bits per heavy atom. The second kappa shape index (κ2) is 4.52. The van der Waals surface area contributed by atoms with Gasteiger partial charge in [0.15, 0.2) is 0 Å². The third-order valence-electron chi connectivity index (χ3n) is 3.00. The molecule has 2 aromatic heterocycles. The highest BCUT2D eigenvalue weighted by molar-refractivity contribution is 6.35. The number of benzene rings is 1. The molecule has 3 aromatic rings. The highest BCUT2D eigenvalue weighted by Crippen LogP contribution is 2.36. The molecule has 0 aliphatic heterocycles. The molecule has 0 saturated heterocycles. The number of pyridine rings is 1. The molecule has 0 fully saturated rings. The topological polar surface area (TPSA) is 28.7 Å². The summed E-state index contributed by atoms with van der Waals surface area (Å²) in [6.07, 6.45) is -1.18. The zero-order valence-corrected chi connectivity index (χ0v) is 10.8. The van der Waals surface area contributed by atoms with Gasteiger partial charge in [-0.25, -0.2) is 0 Å². The van der Waals surface area contributed by atoms with Gasteiger partial charge in [0.1, 0.15) is 0 Å². The summed E-state index contributed by atoms with van der Waals surface area (Å²) in [5.41, 5.74) is 1.27. The Morgan fingerprint density at radius 3 is 2.40 bits per heavy atom. The lowest BCUT2D eigenvalue weighted by atomic mass is 10.1. The number of rotatable bonds is 1. The molecule has 0 atom stereocenters. The van der Waals surface area contributed by atoms with Crippen molar-refractivity contribution in [2.45, 2.75) is 6.18 Å². The Labute approximate surface area is 117 Å². The molecule has 1 N–H and O–H groups in total. The Balaban J connectivity index is 2.19. The van der Waals surface area contributed by atoms with Gasteiger partial charge in [-0.05, 0) is 30.3 Å². The molecular formula is C14H8ClF3N2. The first kappa shape index (κ1) is 13.0. The minimum Gasteiger partial charge on any atom is -0.353 e. The van der Waals surface area contributed by atoms with Gasteiger partial charge in [-0.3, -0.25) is 4.98 Å². The molecular weight excluding hydrogens is 289 g/mol. The summed E-state index contributed by atoms with van der Waals surface area (Å²) in [5, 5.41) is 0.478. The second-order valence-corrected chi connectivity index (χ2v) is 4.75. The van der Waals surface area contributed by atoms with Crippen LogP contribution in [0.5, 0.6) is 0 Å². The lowest BCUT2D eigenvalue weighted by Crippen LogP contribution is -2.04. The van der Waals surface area contributed by atoms with E-state index in [0.717, 1.165) is 17.7 Å². The number of aromatic amines is 1. The predicted octanol–water partition coefficient (Wildman–Crippen LogP) is 4.90. The van der Waals surface area contributed by atoms with Crippen molar-refractivity contribution in [2.75, 3.05) is 0 Å². The van der Waals surface area contributed by atoms with E-state index in [-0.39, 0.29) is 5.02 Å². The van der Waals surface area contributed by atoms with Gasteiger partial charge in [0, 0.05) is 29.0 Å². The van der Waals surface area contributed by atoms with Crippen LogP contribution in [0.15, 0.2) is 42.7 Å². The molecule has 0 bridgehead atoms. The molecule has 0 aliphatic rings. The van der Waals surface area contributed by atoms with Gasteiger partial charge in [-0.1, -0.05) is 11.6 Å². The molecule has 0 aliphatic carbocycles. The summed E-state index contributed by atoms with van der Waals surface area (Å²) in [7, 11) is 0. The van der Waals surface area contributed by atoms with Crippen LogP contribution in [0.2, 0.25) is 5.02 Å². The number of alkyl halides is 3. The van der Waals surface area contributed by atoms with Crippen LogP contribution < -0.4 is 0 Å². The van der Waals surface area contributed by atoms with E-state index >= 15 is 0 Å². The van der Waals surface area contributed by atoms with Crippen LogP contribution >= 0.6 is 11.6 Å². The number of hydrogen-bond acceptors (Lipinski definition) is 1. The number of H-pyrrole nitrogens is 1. The fraction of sp³-hybridized carbons (Fsp3) is 0.0714. The Morgan fingerprint density at radius 1 is 1.05 bits per heavy atom. The van der Waals surface area contributed by atoms with E-state index in [1.807, 2.05) is 0 Å². The molecule has 3 rings (SSSR count). The summed E-state index contributed by atoms with van der Waals surface area (Å²) in [4.78, 5) is 6.93. The van der Waals surface area contributed by atoms with E-state index in [1.165, 1.54) is 0 Å². The van der Waals surface area contributed by atoms with Gasteiger partial charge in [0.2, 0.25) is 0 Å². The van der Waals surface area contributed by atoms with E-state index in [0.29, 0.717) is 16.6 Å². The highest BCUT2D eigenvalue weighted by atomic mass is 35.5. The van der Waals surface area contributed by atoms with Crippen LogP contribution in [-0.4, -0.2) is 9.97 Å². The SMILES string of the molecule is FC(F)(F)c1cc(Cl)c2[nH]c(-c3ccncc3)cc2c1. The minimum atomic E-state index is -4.41. The van der Waals surface area contributed by atoms with Crippen molar-refractivity contribution >= 4 is 22.5 Å². The number of hydrogen-bond donors (Lipinski definition) is 1. The van der Waals surface area contributed by atoms with Crippen molar-refractivity contribution in [1.29, 1.82) is 0 Å². The molecule has 2 nitrogen and oxygen atoms in total. The first-order valence-corrected chi connectivity index (χ1v) is 6.13. The van der Waals surface area contributed by atoms with Gasteiger partial charge in [0.25, 0.3) is 0 Å². The van der Waals surface area contributed by atoms with Crippen LogP contribution in [0, 0.1) is 0 Å². The van der Waals surface area contributed by atoms with Crippen LogP contribution in [0.3, 0.4) is 0 Å². The van der Waals surface area contributed by atoms with Crippen molar-refractivity contribution in [1.82, 2.24) is 9.97 Å². The van der Waals surface area contributed by atoms with Crippen molar-refractivity contribution in [2.24, 2.45) is 0 Å². The highest BCUT2D eigenvalue weighted by Gasteiger charge is 2.31. The van der Waals surface area contributed by atoms with Crippen molar-refractivity contribution in [3.63, 3.8) is 0 Å². The minimum absolute atomic E-state index is 0.0510. The average molecular weight is 297 g/mol. The molecule has 102 valence electrons. The number of nitrogens with one attached hydrogen (secondary N) is 1. The first-order chi connectivity index (χ1) is 9.45. The molecule has 20 heavy (non-hydrogen) atoms. The predicted molar refractivity (Wildman–Crippen MR) is 71.5 cm³/mol. The Bertz CT molecular complexity index is 763. The van der Waals surface area contributed by atoms with E-state index in [1.54, 1.807) is 30.6 Å². The molecule has 0 spiro atoms. The number of aromatic nitrogens is 2. The number of halogens is 4. The van der Waals surface area contributed by atoms with Gasteiger partial charge >= 0.3 is 6.18 Å². The largest absolute Gasteiger partial charge is 0.416 e. The fourth-order valence-corrected chi connectivity index (χ4v) is 2.32. The summed E-state index contributed by atoms with van der Waals surface area (Å²) in [6, 6.07) is 7.19. The maximum Gasteiger partial charge on any atom is 0.416 e. The van der Waals surface area contributed by atoms with Gasteiger partial charge in [-0.15, -0.1) is 0 Å². The van der Waals surface area contributed by atoms with Crippen molar-refractivity contribution in [3.05, 3.63) is 53.3 Å². The van der Waals surface area contributed by atoms with Crippen molar-refractivity contribution < 1.29 is 13.2 Å². The fourth-order valence-electron chi connectivity index (χ4n) is 2.05. The maximum absolute atomic E-state index is 12.7.